The summed E-state index contributed by atoms with van der Waals surface area (Å²) >= 11 is 0. The van der Waals surface area contributed by atoms with E-state index in [0.29, 0.717) is 12.5 Å². The number of hydrogen-bond acceptors (Lipinski definition) is 4. The number of carbonyl (C=O) groups is 1. The Morgan fingerprint density at radius 1 is 1.28 bits per heavy atom. The molecule has 2 aromatic rings. The van der Waals surface area contributed by atoms with Crippen molar-refractivity contribution < 1.29 is 9.53 Å². The average Bonchev–Trinajstić information content (AvgIpc) is 2.59. The zero-order chi connectivity index (χ0) is 17.6. The van der Waals surface area contributed by atoms with E-state index in [-0.39, 0.29) is 17.9 Å². The fraction of sp³-hybridized carbons (Fsp3) is 0.400. The molecule has 3 rings (SSSR count). The molecule has 0 spiro atoms. The molecule has 5 heteroatoms. The molecule has 2 N–H and O–H groups in total. The molecule has 132 valence electrons. The predicted octanol–water partition coefficient (Wildman–Crippen LogP) is 2.69. The lowest BCUT2D eigenvalue weighted by Crippen LogP contribution is -2.49. The lowest BCUT2D eigenvalue weighted by molar-refractivity contribution is -0.127. The van der Waals surface area contributed by atoms with Crippen LogP contribution in [0.15, 0.2) is 48.7 Å². The minimum absolute atomic E-state index is 0.0345. The van der Waals surface area contributed by atoms with Crippen LogP contribution in [0, 0.1) is 11.8 Å². The Balaban J connectivity index is 1.57. The third kappa shape index (κ3) is 4.57. The van der Waals surface area contributed by atoms with Crippen LogP contribution in [0.2, 0.25) is 0 Å². The van der Waals surface area contributed by atoms with Gasteiger partial charge in [-0.15, -0.1) is 0 Å². The van der Waals surface area contributed by atoms with Crippen LogP contribution in [0.25, 0.3) is 0 Å². The molecule has 1 fully saturated rings. The summed E-state index contributed by atoms with van der Waals surface area (Å²) in [6.07, 6.45) is 1.76. The number of ether oxygens (including phenoxy) is 1. The summed E-state index contributed by atoms with van der Waals surface area (Å²) in [5, 5.41) is 6.33. The SMILES string of the molecule is CC(NC(=O)C(C)C1CNC1)c1cccc(OCc2ccccn2)c1. The third-order valence-corrected chi connectivity index (χ3v) is 4.76. The average molecular weight is 339 g/mol. The molecule has 0 aliphatic carbocycles. The highest BCUT2D eigenvalue weighted by Crippen LogP contribution is 2.22. The summed E-state index contributed by atoms with van der Waals surface area (Å²) in [5.41, 5.74) is 1.92. The van der Waals surface area contributed by atoms with Gasteiger partial charge in [-0.25, -0.2) is 0 Å². The van der Waals surface area contributed by atoms with Crippen LogP contribution in [0.3, 0.4) is 0 Å². The molecule has 2 atom stereocenters. The highest BCUT2D eigenvalue weighted by atomic mass is 16.5. The number of aromatic nitrogens is 1. The molecule has 1 aliphatic heterocycles. The summed E-state index contributed by atoms with van der Waals surface area (Å²) in [6, 6.07) is 13.6. The molecule has 1 aromatic heterocycles. The number of amides is 1. The van der Waals surface area contributed by atoms with E-state index in [9.17, 15) is 4.79 Å². The van der Waals surface area contributed by atoms with Crippen molar-refractivity contribution in [3.63, 3.8) is 0 Å². The highest BCUT2D eigenvalue weighted by molar-refractivity contribution is 5.79. The van der Waals surface area contributed by atoms with E-state index in [1.807, 2.05) is 56.3 Å². The van der Waals surface area contributed by atoms with Gasteiger partial charge in [0.05, 0.1) is 11.7 Å². The molecule has 0 bridgehead atoms. The van der Waals surface area contributed by atoms with Gasteiger partial charge in [0.25, 0.3) is 0 Å². The molecule has 2 unspecified atom stereocenters. The first-order valence-electron chi connectivity index (χ1n) is 8.77. The van der Waals surface area contributed by atoms with Crippen LogP contribution in [-0.4, -0.2) is 24.0 Å². The second-order valence-corrected chi connectivity index (χ2v) is 6.62. The van der Waals surface area contributed by atoms with Crippen molar-refractivity contribution in [2.45, 2.75) is 26.5 Å². The van der Waals surface area contributed by atoms with Crippen molar-refractivity contribution in [2.75, 3.05) is 13.1 Å². The third-order valence-electron chi connectivity index (χ3n) is 4.76. The molecule has 1 saturated heterocycles. The number of pyridine rings is 1. The van der Waals surface area contributed by atoms with Crippen LogP contribution in [0.1, 0.15) is 31.1 Å². The van der Waals surface area contributed by atoms with Crippen molar-refractivity contribution in [3.8, 4) is 5.75 Å². The Hall–Kier alpha value is -2.40. The maximum Gasteiger partial charge on any atom is 0.223 e. The largest absolute Gasteiger partial charge is 0.487 e. The van der Waals surface area contributed by atoms with Crippen LogP contribution in [-0.2, 0) is 11.4 Å². The van der Waals surface area contributed by atoms with Crippen LogP contribution in [0.5, 0.6) is 5.75 Å². The Morgan fingerprint density at radius 3 is 2.80 bits per heavy atom. The maximum atomic E-state index is 12.4. The van der Waals surface area contributed by atoms with Crippen molar-refractivity contribution in [2.24, 2.45) is 11.8 Å². The maximum absolute atomic E-state index is 12.4. The van der Waals surface area contributed by atoms with Crippen LogP contribution >= 0.6 is 0 Å². The topological polar surface area (TPSA) is 63.2 Å². The van der Waals surface area contributed by atoms with Gasteiger partial charge < -0.3 is 15.4 Å². The first-order valence-corrected chi connectivity index (χ1v) is 8.77. The number of nitrogens with zero attached hydrogens (tertiary/aromatic N) is 1. The zero-order valence-electron chi connectivity index (χ0n) is 14.7. The number of rotatable bonds is 7. The van der Waals surface area contributed by atoms with Gasteiger partial charge in [-0.1, -0.05) is 25.1 Å². The van der Waals surface area contributed by atoms with Gasteiger partial charge in [-0.2, -0.15) is 0 Å². The second kappa shape index (κ2) is 8.12. The molecule has 1 amide bonds. The smallest absolute Gasteiger partial charge is 0.223 e. The molecular formula is C20H25N3O2. The van der Waals surface area contributed by atoms with E-state index in [1.165, 1.54) is 0 Å². The number of hydrogen-bond donors (Lipinski definition) is 2. The van der Waals surface area contributed by atoms with Crippen molar-refractivity contribution in [3.05, 3.63) is 59.9 Å². The first kappa shape index (κ1) is 17.4. The van der Waals surface area contributed by atoms with Crippen molar-refractivity contribution >= 4 is 5.91 Å². The molecule has 0 radical (unpaired) electrons. The van der Waals surface area contributed by atoms with Crippen molar-refractivity contribution in [1.82, 2.24) is 15.6 Å². The standard InChI is InChI=1S/C20H25N3O2/c1-14(17-11-21-12-17)20(24)23-15(2)16-6-5-8-19(10-16)25-13-18-7-3-4-9-22-18/h3-10,14-15,17,21H,11-13H2,1-2H3,(H,23,24). The number of nitrogens with one attached hydrogen (secondary N) is 2. The lowest BCUT2D eigenvalue weighted by Gasteiger charge is -2.32. The molecule has 1 aliphatic rings. The summed E-state index contributed by atoms with van der Waals surface area (Å²) in [5.74, 6) is 1.37. The van der Waals surface area contributed by atoms with Gasteiger partial charge in [0.1, 0.15) is 12.4 Å². The molecular weight excluding hydrogens is 314 g/mol. The molecule has 5 nitrogen and oxygen atoms in total. The monoisotopic (exact) mass is 339 g/mol. The summed E-state index contributed by atoms with van der Waals surface area (Å²) < 4.78 is 5.82. The van der Waals surface area contributed by atoms with Gasteiger partial charge in [-0.3, -0.25) is 9.78 Å². The Kier molecular flexibility index (Phi) is 5.66. The Labute approximate surface area is 148 Å². The number of carbonyl (C=O) groups excluding carboxylic acids is 1. The molecule has 1 aromatic carbocycles. The Bertz CT molecular complexity index is 701. The zero-order valence-corrected chi connectivity index (χ0v) is 14.7. The quantitative estimate of drug-likeness (QED) is 0.814. The molecule has 2 heterocycles. The van der Waals surface area contributed by atoms with Gasteiger partial charge in [0.15, 0.2) is 0 Å². The minimum atomic E-state index is -0.0543. The fourth-order valence-electron chi connectivity index (χ4n) is 2.82. The highest BCUT2D eigenvalue weighted by Gasteiger charge is 2.29. The van der Waals surface area contributed by atoms with Gasteiger partial charge in [-0.05, 0) is 55.8 Å². The number of benzene rings is 1. The second-order valence-electron chi connectivity index (χ2n) is 6.62. The first-order chi connectivity index (χ1) is 12.1. The summed E-state index contributed by atoms with van der Waals surface area (Å²) in [6.45, 7) is 6.29. The predicted molar refractivity (Wildman–Crippen MR) is 97.1 cm³/mol. The van der Waals surface area contributed by atoms with E-state index < -0.39 is 0 Å². The normalized spacial score (nSPS) is 16.6. The Morgan fingerprint density at radius 2 is 2.12 bits per heavy atom. The van der Waals surface area contributed by atoms with E-state index in [1.54, 1.807) is 6.20 Å². The lowest BCUT2D eigenvalue weighted by atomic mass is 9.88. The van der Waals surface area contributed by atoms with E-state index in [2.05, 4.69) is 15.6 Å². The van der Waals surface area contributed by atoms with Crippen LogP contribution < -0.4 is 15.4 Å². The van der Waals surface area contributed by atoms with E-state index in [4.69, 9.17) is 4.74 Å². The fourth-order valence-corrected chi connectivity index (χ4v) is 2.82. The minimum Gasteiger partial charge on any atom is -0.487 e. The molecule has 0 saturated carbocycles. The molecule has 25 heavy (non-hydrogen) atoms. The van der Waals surface area contributed by atoms with Gasteiger partial charge >= 0.3 is 0 Å². The van der Waals surface area contributed by atoms with Crippen molar-refractivity contribution in [1.29, 1.82) is 0 Å². The van der Waals surface area contributed by atoms with Gasteiger partial charge in [0.2, 0.25) is 5.91 Å². The summed E-state index contributed by atoms with van der Waals surface area (Å²) in [4.78, 5) is 16.6. The van der Waals surface area contributed by atoms with E-state index in [0.717, 1.165) is 30.1 Å². The van der Waals surface area contributed by atoms with Gasteiger partial charge in [0, 0.05) is 12.1 Å². The van der Waals surface area contributed by atoms with Crippen LogP contribution in [0.4, 0.5) is 0 Å². The van der Waals surface area contributed by atoms with E-state index >= 15 is 0 Å². The summed E-state index contributed by atoms with van der Waals surface area (Å²) in [7, 11) is 0.